The standard InChI is InChI=1S/C19H28FN3O2/c1-19(2,3)14-17(24)23-12-10-22(11-13-23)9-8-21-18(25)15-4-6-16(20)7-5-15/h4-7H,8-14H2,1-3H3,(H,21,25). The third kappa shape index (κ3) is 6.46. The molecular formula is C19H28FN3O2. The van der Waals surface area contributed by atoms with E-state index in [2.05, 4.69) is 31.0 Å². The molecule has 25 heavy (non-hydrogen) atoms. The summed E-state index contributed by atoms with van der Waals surface area (Å²) in [7, 11) is 0. The number of hydrogen-bond acceptors (Lipinski definition) is 3. The second-order valence-electron chi connectivity index (χ2n) is 7.72. The van der Waals surface area contributed by atoms with Gasteiger partial charge < -0.3 is 10.2 Å². The number of nitrogens with one attached hydrogen (secondary N) is 1. The van der Waals surface area contributed by atoms with Gasteiger partial charge in [-0.15, -0.1) is 0 Å². The Labute approximate surface area is 149 Å². The molecule has 138 valence electrons. The zero-order chi connectivity index (χ0) is 18.4. The van der Waals surface area contributed by atoms with Crippen molar-refractivity contribution in [2.75, 3.05) is 39.3 Å². The molecule has 1 heterocycles. The highest BCUT2D eigenvalue weighted by molar-refractivity contribution is 5.94. The molecule has 0 saturated carbocycles. The monoisotopic (exact) mass is 349 g/mol. The second kappa shape index (κ2) is 8.43. The molecule has 5 nitrogen and oxygen atoms in total. The minimum absolute atomic E-state index is 0.0128. The lowest BCUT2D eigenvalue weighted by molar-refractivity contribution is -0.134. The maximum Gasteiger partial charge on any atom is 0.251 e. The van der Waals surface area contributed by atoms with Crippen molar-refractivity contribution in [3.8, 4) is 0 Å². The fraction of sp³-hybridized carbons (Fsp3) is 0.579. The Morgan fingerprint density at radius 1 is 1.08 bits per heavy atom. The third-order valence-electron chi connectivity index (χ3n) is 4.23. The van der Waals surface area contributed by atoms with Gasteiger partial charge in [0.05, 0.1) is 0 Å². The van der Waals surface area contributed by atoms with Crippen molar-refractivity contribution >= 4 is 11.8 Å². The Morgan fingerprint density at radius 3 is 2.24 bits per heavy atom. The molecular weight excluding hydrogens is 321 g/mol. The second-order valence-corrected chi connectivity index (χ2v) is 7.72. The molecule has 2 amide bonds. The summed E-state index contributed by atoms with van der Waals surface area (Å²) >= 11 is 0. The summed E-state index contributed by atoms with van der Waals surface area (Å²) in [6, 6.07) is 5.51. The smallest absolute Gasteiger partial charge is 0.251 e. The predicted octanol–water partition coefficient (Wildman–Crippen LogP) is 2.14. The third-order valence-corrected chi connectivity index (χ3v) is 4.23. The molecule has 2 rings (SSSR count). The van der Waals surface area contributed by atoms with Crippen LogP contribution < -0.4 is 5.32 Å². The van der Waals surface area contributed by atoms with E-state index < -0.39 is 0 Å². The van der Waals surface area contributed by atoms with Crippen molar-refractivity contribution < 1.29 is 14.0 Å². The van der Waals surface area contributed by atoms with Gasteiger partial charge in [-0.3, -0.25) is 14.5 Å². The van der Waals surface area contributed by atoms with E-state index >= 15 is 0 Å². The first-order chi connectivity index (χ1) is 11.7. The molecule has 0 aliphatic carbocycles. The highest BCUT2D eigenvalue weighted by Gasteiger charge is 2.24. The van der Waals surface area contributed by atoms with E-state index in [0.29, 0.717) is 18.5 Å². The number of hydrogen-bond donors (Lipinski definition) is 1. The van der Waals surface area contributed by atoms with Gasteiger partial charge >= 0.3 is 0 Å². The lowest BCUT2D eigenvalue weighted by Crippen LogP contribution is -2.50. The van der Waals surface area contributed by atoms with Crippen LogP contribution >= 0.6 is 0 Å². The summed E-state index contributed by atoms with van der Waals surface area (Å²) in [6.45, 7) is 10.6. The summed E-state index contributed by atoms with van der Waals surface area (Å²) < 4.78 is 12.9. The molecule has 1 aromatic carbocycles. The van der Waals surface area contributed by atoms with Crippen LogP contribution in [0.25, 0.3) is 0 Å². The average molecular weight is 349 g/mol. The number of amides is 2. The fourth-order valence-corrected chi connectivity index (χ4v) is 2.82. The minimum Gasteiger partial charge on any atom is -0.351 e. The highest BCUT2D eigenvalue weighted by atomic mass is 19.1. The number of carbonyl (C=O) groups is 2. The van der Waals surface area contributed by atoms with E-state index in [1.807, 2.05) is 4.90 Å². The zero-order valence-electron chi connectivity index (χ0n) is 15.3. The van der Waals surface area contributed by atoms with Gasteiger partial charge in [0.25, 0.3) is 5.91 Å². The van der Waals surface area contributed by atoms with Crippen molar-refractivity contribution in [2.24, 2.45) is 5.41 Å². The number of benzene rings is 1. The van der Waals surface area contributed by atoms with E-state index in [-0.39, 0.29) is 23.0 Å². The van der Waals surface area contributed by atoms with Crippen LogP contribution in [0, 0.1) is 11.2 Å². The molecule has 6 heteroatoms. The molecule has 1 aliphatic rings. The Morgan fingerprint density at radius 2 is 1.68 bits per heavy atom. The van der Waals surface area contributed by atoms with Crippen molar-refractivity contribution in [1.29, 1.82) is 0 Å². The molecule has 1 N–H and O–H groups in total. The van der Waals surface area contributed by atoms with E-state index in [4.69, 9.17) is 0 Å². The van der Waals surface area contributed by atoms with Crippen molar-refractivity contribution in [2.45, 2.75) is 27.2 Å². The topological polar surface area (TPSA) is 52.7 Å². The molecule has 1 aromatic rings. The van der Waals surface area contributed by atoms with Crippen LogP contribution in [-0.4, -0.2) is 60.9 Å². The highest BCUT2D eigenvalue weighted by Crippen LogP contribution is 2.20. The lowest BCUT2D eigenvalue weighted by atomic mass is 9.91. The van der Waals surface area contributed by atoms with Crippen molar-refractivity contribution in [3.05, 3.63) is 35.6 Å². The molecule has 0 atom stereocenters. The van der Waals surface area contributed by atoms with Gasteiger partial charge in [-0.1, -0.05) is 20.8 Å². The lowest BCUT2D eigenvalue weighted by Gasteiger charge is -2.36. The van der Waals surface area contributed by atoms with Crippen molar-refractivity contribution in [3.63, 3.8) is 0 Å². The first-order valence-electron chi connectivity index (χ1n) is 8.78. The number of nitrogens with zero attached hydrogens (tertiary/aromatic N) is 2. The van der Waals surface area contributed by atoms with Crippen molar-refractivity contribution in [1.82, 2.24) is 15.1 Å². The molecule has 1 aliphatic heterocycles. The van der Waals surface area contributed by atoms with Crippen LogP contribution in [0.15, 0.2) is 24.3 Å². The Kier molecular flexibility index (Phi) is 6.53. The van der Waals surface area contributed by atoms with Gasteiger partial charge in [-0.25, -0.2) is 4.39 Å². The van der Waals surface area contributed by atoms with Gasteiger partial charge in [0.15, 0.2) is 0 Å². The SMILES string of the molecule is CC(C)(C)CC(=O)N1CCN(CCNC(=O)c2ccc(F)cc2)CC1. The van der Waals surface area contributed by atoms with Gasteiger partial charge in [-0.05, 0) is 29.7 Å². The predicted molar refractivity (Wildman–Crippen MR) is 95.8 cm³/mol. The van der Waals surface area contributed by atoms with Gasteiger partial charge in [-0.2, -0.15) is 0 Å². The van der Waals surface area contributed by atoms with Gasteiger partial charge in [0, 0.05) is 51.3 Å². The molecule has 0 radical (unpaired) electrons. The number of halogens is 1. The molecule has 0 unspecified atom stereocenters. The Bertz CT molecular complexity index is 588. The minimum atomic E-state index is -0.351. The average Bonchev–Trinajstić information content (AvgIpc) is 2.54. The van der Waals surface area contributed by atoms with Crippen LogP contribution in [0.4, 0.5) is 4.39 Å². The van der Waals surface area contributed by atoms with Gasteiger partial charge in [0.2, 0.25) is 5.91 Å². The number of carbonyl (C=O) groups excluding carboxylic acids is 2. The van der Waals surface area contributed by atoms with Crippen LogP contribution in [0.1, 0.15) is 37.6 Å². The van der Waals surface area contributed by atoms with E-state index in [1.54, 1.807) is 0 Å². The normalized spacial score (nSPS) is 15.9. The summed E-state index contributed by atoms with van der Waals surface area (Å²) in [5.41, 5.74) is 0.470. The van der Waals surface area contributed by atoms with E-state index in [0.717, 1.165) is 32.7 Å². The Balaban J connectivity index is 1.68. The fourth-order valence-electron chi connectivity index (χ4n) is 2.82. The van der Waals surface area contributed by atoms with Crippen LogP contribution in [0.5, 0.6) is 0 Å². The van der Waals surface area contributed by atoms with Crippen LogP contribution in [0.2, 0.25) is 0 Å². The quantitative estimate of drug-likeness (QED) is 0.886. The molecule has 1 fully saturated rings. The zero-order valence-corrected chi connectivity index (χ0v) is 15.3. The largest absolute Gasteiger partial charge is 0.351 e. The number of rotatable bonds is 5. The van der Waals surface area contributed by atoms with Gasteiger partial charge in [0.1, 0.15) is 5.82 Å². The first kappa shape index (κ1) is 19.4. The summed E-state index contributed by atoms with van der Waals surface area (Å²) in [6.07, 6.45) is 0.570. The maximum absolute atomic E-state index is 12.9. The first-order valence-corrected chi connectivity index (χ1v) is 8.78. The maximum atomic E-state index is 12.9. The summed E-state index contributed by atoms with van der Waals surface area (Å²) in [4.78, 5) is 28.4. The molecule has 0 aromatic heterocycles. The summed E-state index contributed by atoms with van der Waals surface area (Å²) in [5.74, 6) is -0.328. The van der Waals surface area contributed by atoms with E-state index in [9.17, 15) is 14.0 Å². The van der Waals surface area contributed by atoms with E-state index in [1.165, 1.54) is 24.3 Å². The Hall–Kier alpha value is -1.95. The molecule has 1 saturated heterocycles. The number of piperazine rings is 1. The summed E-state index contributed by atoms with van der Waals surface area (Å²) in [5, 5.41) is 2.85. The molecule has 0 bridgehead atoms. The van der Waals surface area contributed by atoms with Crippen LogP contribution in [-0.2, 0) is 4.79 Å². The van der Waals surface area contributed by atoms with Crippen LogP contribution in [0.3, 0.4) is 0 Å². The molecule has 0 spiro atoms.